The van der Waals surface area contributed by atoms with Gasteiger partial charge in [0.15, 0.2) is 5.96 Å². The zero-order valence-electron chi connectivity index (χ0n) is 16.4. The smallest absolute Gasteiger partial charge is 0.416 e. The largest absolute Gasteiger partial charge is 0.475 e. The SMILES string of the molecule is CCNC(=NCc1cccc(C(F)(F)F)c1)NCc1cccnc1OCCOC. The van der Waals surface area contributed by atoms with Gasteiger partial charge in [-0.15, -0.1) is 0 Å². The molecule has 0 aliphatic heterocycles. The van der Waals surface area contributed by atoms with E-state index in [2.05, 4.69) is 20.6 Å². The van der Waals surface area contributed by atoms with E-state index in [-0.39, 0.29) is 6.54 Å². The van der Waals surface area contributed by atoms with Crippen LogP contribution in [0.15, 0.2) is 47.6 Å². The molecular formula is C20H25F3N4O2. The van der Waals surface area contributed by atoms with Crippen LogP contribution < -0.4 is 15.4 Å². The summed E-state index contributed by atoms with van der Waals surface area (Å²) in [7, 11) is 1.59. The van der Waals surface area contributed by atoms with E-state index in [9.17, 15) is 13.2 Å². The lowest BCUT2D eigenvalue weighted by atomic mass is 10.1. The number of alkyl halides is 3. The quantitative estimate of drug-likeness (QED) is 0.377. The predicted molar refractivity (Wildman–Crippen MR) is 105 cm³/mol. The summed E-state index contributed by atoms with van der Waals surface area (Å²) in [4.78, 5) is 8.59. The molecule has 0 saturated heterocycles. The van der Waals surface area contributed by atoms with Gasteiger partial charge in [0.1, 0.15) is 6.61 Å². The van der Waals surface area contributed by atoms with Crippen molar-refractivity contribution in [3.05, 3.63) is 59.3 Å². The number of ether oxygens (including phenoxy) is 2. The van der Waals surface area contributed by atoms with E-state index >= 15 is 0 Å². The molecule has 0 atom stereocenters. The minimum atomic E-state index is -4.37. The van der Waals surface area contributed by atoms with Crippen LogP contribution in [-0.2, 0) is 24.0 Å². The molecule has 0 fully saturated rings. The number of halogens is 3. The highest BCUT2D eigenvalue weighted by molar-refractivity contribution is 5.79. The third kappa shape index (κ3) is 7.61. The summed E-state index contributed by atoms with van der Waals surface area (Å²) >= 11 is 0. The molecule has 29 heavy (non-hydrogen) atoms. The topological polar surface area (TPSA) is 67.8 Å². The van der Waals surface area contributed by atoms with E-state index in [1.54, 1.807) is 25.4 Å². The van der Waals surface area contributed by atoms with Crippen molar-refractivity contribution in [2.45, 2.75) is 26.2 Å². The Bertz CT molecular complexity index is 797. The molecule has 1 heterocycles. The Balaban J connectivity index is 2.04. The molecule has 9 heteroatoms. The van der Waals surface area contributed by atoms with Crippen molar-refractivity contribution in [2.24, 2.45) is 4.99 Å². The first-order chi connectivity index (χ1) is 13.9. The molecule has 1 aromatic heterocycles. The molecule has 0 spiro atoms. The van der Waals surface area contributed by atoms with Crippen LogP contribution in [-0.4, -0.2) is 37.8 Å². The number of benzene rings is 1. The van der Waals surface area contributed by atoms with E-state index in [4.69, 9.17) is 9.47 Å². The molecular weight excluding hydrogens is 385 g/mol. The van der Waals surface area contributed by atoms with Crippen molar-refractivity contribution >= 4 is 5.96 Å². The summed E-state index contributed by atoms with van der Waals surface area (Å²) < 4.78 is 49.1. The molecule has 0 radical (unpaired) electrons. The maximum Gasteiger partial charge on any atom is 0.416 e. The van der Waals surface area contributed by atoms with Gasteiger partial charge < -0.3 is 20.1 Å². The first-order valence-electron chi connectivity index (χ1n) is 9.18. The predicted octanol–water partition coefficient (Wildman–Crippen LogP) is 3.38. The van der Waals surface area contributed by atoms with E-state index in [0.717, 1.165) is 17.7 Å². The number of hydrogen-bond donors (Lipinski definition) is 2. The standard InChI is InChI=1S/C20H25F3N4O2/c1-3-24-19(26-13-15-6-4-8-17(12-15)20(21,22)23)27-14-16-7-5-9-25-18(16)29-11-10-28-2/h4-9,12H,3,10-11,13-14H2,1-2H3,(H2,24,26,27). The second-order valence-electron chi connectivity index (χ2n) is 6.06. The Morgan fingerprint density at radius 2 is 1.97 bits per heavy atom. The number of pyridine rings is 1. The van der Waals surface area contributed by atoms with E-state index in [1.165, 1.54) is 6.07 Å². The van der Waals surface area contributed by atoms with Crippen molar-refractivity contribution in [1.29, 1.82) is 0 Å². The van der Waals surface area contributed by atoms with E-state index in [1.807, 2.05) is 13.0 Å². The molecule has 0 saturated carbocycles. The van der Waals surface area contributed by atoms with Crippen LogP contribution in [0.5, 0.6) is 5.88 Å². The summed E-state index contributed by atoms with van der Waals surface area (Å²) in [6, 6.07) is 8.82. The molecule has 2 aromatic rings. The van der Waals surface area contributed by atoms with Gasteiger partial charge in [0.25, 0.3) is 0 Å². The van der Waals surface area contributed by atoms with Crippen LogP contribution in [0.4, 0.5) is 13.2 Å². The van der Waals surface area contributed by atoms with Crippen LogP contribution in [0.1, 0.15) is 23.6 Å². The van der Waals surface area contributed by atoms with Crippen molar-refractivity contribution in [3.63, 3.8) is 0 Å². The van der Waals surface area contributed by atoms with Gasteiger partial charge >= 0.3 is 6.18 Å². The molecule has 6 nitrogen and oxygen atoms in total. The summed E-state index contributed by atoms with van der Waals surface area (Å²) in [6.07, 6.45) is -2.74. The summed E-state index contributed by atoms with van der Waals surface area (Å²) in [5.41, 5.74) is 0.617. The average molecular weight is 410 g/mol. The van der Waals surface area contributed by atoms with Crippen LogP contribution in [0.3, 0.4) is 0 Å². The first kappa shape index (κ1) is 22.5. The summed E-state index contributed by atoms with van der Waals surface area (Å²) in [5, 5.41) is 6.22. The number of nitrogens with zero attached hydrogens (tertiary/aromatic N) is 2. The zero-order valence-corrected chi connectivity index (χ0v) is 16.4. The fourth-order valence-electron chi connectivity index (χ4n) is 2.45. The van der Waals surface area contributed by atoms with Crippen LogP contribution in [0.25, 0.3) is 0 Å². The van der Waals surface area contributed by atoms with Gasteiger partial charge in [0.2, 0.25) is 5.88 Å². The second-order valence-corrected chi connectivity index (χ2v) is 6.06. The Hall–Kier alpha value is -2.81. The summed E-state index contributed by atoms with van der Waals surface area (Å²) in [6.45, 7) is 3.85. The minimum absolute atomic E-state index is 0.115. The highest BCUT2D eigenvalue weighted by atomic mass is 19.4. The molecule has 2 rings (SSSR count). The minimum Gasteiger partial charge on any atom is -0.475 e. The highest BCUT2D eigenvalue weighted by Gasteiger charge is 2.30. The Kier molecular flexibility index (Phi) is 8.72. The Morgan fingerprint density at radius 3 is 2.69 bits per heavy atom. The third-order valence-electron chi connectivity index (χ3n) is 3.84. The number of aliphatic imine (C=N–C) groups is 1. The lowest BCUT2D eigenvalue weighted by Crippen LogP contribution is -2.37. The fourth-order valence-corrected chi connectivity index (χ4v) is 2.45. The average Bonchev–Trinajstić information content (AvgIpc) is 2.71. The van der Waals surface area contributed by atoms with Gasteiger partial charge in [-0.05, 0) is 30.7 Å². The van der Waals surface area contributed by atoms with Gasteiger partial charge in [0, 0.05) is 32.0 Å². The molecule has 0 aliphatic carbocycles. The Morgan fingerprint density at radius 1 is 1.14 bits per heavy atom. The highest BCUT2D eigenvalue weighted by Crippen LogP contribution is 2.29. The molecule has 0 bridgehead atoms. The van der Waals surface area contributed by atoms with Gasteiger partial charge in [-0.3, -0.25) is 0 Å². The fraction of sp³-hybridized carbons (Fsp3) is 0.400. The number of guanidine groups is 1. The van der Waals surface area contributed by atoms with Gasteiger partial charge in [0.05, 0.1) is 18.7 Å². The monoisotopic (exact) mass is 410 g/mol. The van der Waals surface area contributed by atoms with Crippen molar-refractivity contribution < 1.29 is 22.6 Å². The van der Waals surface area contributed by atoms with Crippen LogP contribution in [0, 0.1) is 0 Å². The second kappa shape index (κ2) is 11.3. The molecule has 1 aromatic carbocycles. The lowest BCUT2D eigenvalue weighted by molar-refractivity contribution is -0.137. The molecule has 0 amide bonds. The molecule has 0 unspecified atom stereocenters. The number of rotatable bonds is 9. The number of methoxy groups -OCH3 is 1. The number of hydrogen-bond acceptors (Lipinski definition) is 4. The van der Waals surface area contributed by atoms with Crippen LogP contribution in [0.2, 0.25) is 0 Å². The Labute approximate surface area is 168 Å². The van der Waals surface area contributed by atoms with Crippen molar-refractivity contribution in [3.8, 4) is 5.88 Å². The zero-order chi connectivity index (χ0) is 21.1. The maximum absolute atomic E-state index is 12.9. The first-order valence-corrected chi connectivity index (χ1v) is 9.18. The van der Waals surface area contributed by atoms with Crippen LogP contribution >= 0.6 is 0 Å². The van der Waals surface area contributed by atoms with Gasteiger partial charge in [-0.1, -0.05) is 18.2 Å². The summed E-state index contributed by atoms with van der Waals surface area (Å²) in [5.74, 6) is 0.974. The number of aromatic nitrogens is 1. The maximum atomic E-state index is 12.9. The molecule has 2 N–H and O–H groups in total. The van der Waals surface area contributed by atoms with Crippen molar-refractivity contribution in [2.75, 3.05) is 26.9 Å². The normalized spacial score (nSPS) is 12.0. The van der Waals surface area contributed by atoms with Crippen molar-refractivity contribution in [1.82, 2.24) is 15.6 Å². The van der Waals surface area contributed by atoms with E-state index in [0.29, 0.717) is 43.7 Å². The third-order valence-corrected chi connectivity index (χ3v) is 3.84. The van der Waals surface area contributed by atoms with E-state index < -0.39 is 11.7 Å². The lowest BCUT2D eigenvalue weighted by Gasteiger charge is -2.14. The molecule has 158 valence electrons. The number of nitrogens with one attached hydrogen (secondary N) is 2. The van der Waals surface area contributed by atoms with Gasteiger partial charge in [-0.25, -0.2) is 9.98 Å². The van der Waals surface area contributed by atoms with Gasteiger partial charge in [-0.2, -0.15) is 13.2 Å². The molecule has 0 aliphatic rings.